The van der Waals surface area contributed by atoms with Crippen LogP contribution in [0.4, 0.5) is 11.5 Å². The molecule has 0 amide bonds. The van der Waals surface area contributed by atoms with Crippen LogP contribution in [0.3, 0.4) is 0 Å². The van der Waals surface area contributed by atoms with Crippen LogP contribution in [0.5, 0.6) is 0 Å². The highest BCUT2D eigenvalue weighted by Crippen LogP contribution is 2.44. The van der Waals surface area contributed by atoms with Crippen LogP contribution in [0, 0.1) is 12.3 Å². The molecule has 0 bridgehead atoms. The Morgan fingerprint density at radius 3 is 2.58 bits per heavy atom. The molecule has 0 spiro atoms. The van der Waals surface area contributed by atoms with Crippen LogP contribution in [0.2, 0.25) is 0 Å². The van der Waals surface area contributed by atoms with Crippen molar-refractivity contribution in [3.05, 3.63) is 5.69 Å². The Labute approximate surface area is 115 Å². The van der Waals surface area contributed by atoms with Crippen molar-refractivity contribution in [3.8, 4) is 0 Å². The summed E-state index contributed by atoms with van der Waals surface area (Å²) in [6.45, 7) is 10.6. The second kappa shape index (κ2) is 4.71. The SMILES string of the molecule is COC1CC(Nc2c(N)c(C)nn2C(C)C)C1(C)C. The number of nitrogens with two attached hydrogens (primary N) is 1. The highest BCUT2D eigenvalue weighted by Gasteiger charge is 2.49. The minimum absolute atomic E-state index is 0.112. The first kappa shape index (κ1) is 14.2. The summed E-state index contributed by atoms with van der Waals surface area (Å²) in [5.41, 5.74) is 7.90. The van der Waals surface area contributed by atoms with Crippen LogP contribution in [0.1, 0.15) is 45.9 Å². The molecule has 3 N–H and O–H groups in total. The first-order valence-electron chi connectivity index (χ1n) is 6.93. The molecule has 5 heteroatoms. The smallest absolute Gasteiger partial charge is 0.148 e. The van der Waals surface area contributed by atoms with Crippen LogP contribution in [-0.4, -0.2) is 29.0 Å². The van der Waals surface area contributed by atoms with Crippen molar-refractivity contribution in [2.75, 3.05) is 18.2 Å². The summed E-state index contributed by atoms with van der Waals surface area (Å²) in [5, 5.41) is 8.07. The first-order chi connectivity index (χ1) is 8.78. The lowest BCUT2D eigenvalue weighted by molar-refractivity contribution is -0.0796. The minimum Gasteiger partial charge on any atom is -0.394 e. The number of aryl methyl sites for hydroxylation is 1. The number of ether oxygens (including phenoxy) is 1. The summed E-state index contributed by atoms with van der Waals surface area (Å²) in [6.07, 6.45) is 1.31. The van der Waals surface area contributed by atoms with E-state index in [-0.39, 0.29) is 5.41 Å². The molecule has 1 fully saturated rings. The fourth-order valence-electron chi connectivity index (χ4n) is 2.77. The molecule has 0 aliphatic heterocycles. The number of aromatic nitrogens is 2. The summed E-state index contributed by atoms with van der Waals surface area (Å²) in [5.74, 6) is 0.945. The number of hydrogen-bond donors (Lipinski definition) is 2. The van der Waals surface area contributed by atoms with Crippen molar-refractivity contribution < 1.29 is 4.74 Å². The normalized spacial score (nSPS) is 25.4. The quantitative estimate of drug-likeness (QED) is 0.879. The Morgan fingerprint density at radius 2 is 2.11 bits per heavy atom. The van der Waals surface area contributed by atoms with Gasteiger partial charge in [-0.25, -0.2) is 4.68 Å². The van der Waals surface area contributed by atoms with Crippen LogP contribution >= 0.6 is 0 Å². The van der Waals surface area contributed by atoms with Gasteiger partial charge in [-0.15, -0.1) is 0 Å². The van der Waals surface area contributed by atoms with Gasteiger partial charge in [-0.1, -0.05) is 13.8 Å². The summed E-state index contributed by atoms with van der Waals surface area (Å²) in [7, 11) is 1.78. The third kappa shape index (κ3) is 2.20. The van der Waals surface area contributed by atoms with E-state index in [0.29, 0.717) is 18.2 Å². The predicted octanol–water partition coefficient (Wildman–Crippen LogP) is 2.58. The van der Waals surface area contributed by atoms with Crippen LogP contribution in [0.15, 0.2) is 0 Å². The second-order valence-electron chi connectivity index (χ2n) is 6.36. The number of nitrogens with one attached hydrogen (secondary N) is 1. The Morgan fingerprint density at radius 1 is 1.47 bits per heavy atom. The van der Waals surface area contributed by atoms with Gasteiger partial charge in [-0.3, -0.25) is 0 Å². The molecule has 1 aliphatic rings. The molecule has 2 atom stereocenters. The zero-order valence-corrected chi connectivity index (χ0v) is 12.8. The highest BCUT2D eigenvalue weighted by molar-refractivity contribution is 5.65. The van der Waals surface area contributed by atoms with Gasteiger partial charge in [0.05, 0.1) is 17.5 Å². The fourth-order valence-corrected chi connectivity index (χ4v) is 2.77. The van der Waals surface area contributed by atoms with E-state index in [1.54, 1.807) is 7.11 Å². The van der Waals surface area contributed by atoms with Crippen molar-refractivity contribution in [3.63, 3.8) is 0 Å². The topological polar surface area (TPSA) is 65.1 Å². The lowest BCUT2D eigenvalue weighted by Gasteiger charge is -2.51. The molecule has 5 nitrogen and oxygen atoms in total. The molecule has 1 aromatic heterocycles. The molecular weight excluding hydrogens is 240 g/mol. The van der Waals surface area contributed by atoms with E-state index in [2.05, 4.69) is 38.1 Å². The number of nitrogens with zero attached hydrogens (tertiary/aromatic N) is 2. The Bertz CT molecular complexity index is 464. The van der Waals surface area contributed by atoms with Gasteiger partial charge in [0.1, 0.15) is 5.82 Å². The molecule has 1 saturated carbocycles. The van der Waals surface area contributed by atoms with Gasteiger partial charge in [0.15, 0.2) is 0 Å². The van der Waals surface area contributed by atoms with E-state index >= 15 is 0 Å². The van der Waals surface area contributed by atoms with E-state index in [0.717, 1.165) is 23.6 Å². The Hall–Kier alpha value is -1.23. The Kier molecular flexibility index (Phi) is 3.51. The third-order valence-electron chi connectivity index (χ3n) is 4.39. The van der Waals surface area contributed by atoms with Gasteiger partial charge < -0.3 is 15.8 Å². The highest BCUT2D eigenvalue weighted by atomic mass is 16.5. The molecule has 0 saturated heterocycles. The molecule has 19 heavy (non-hydrogen) atoms. The van der Waals surface area contributed by atoms with Crippen molar-refractivity contribution in [2.24, 2.45) is 5.41 Å². The second-order valence-corrected chi connectivity index (χ2v) is 6.36. The standard InChI is InChI=1S/C14H26N4O/c1-8(2)18-13(12(15)9(3)17-18)16-10-7-11(19-6)14(10,4)5/h8,10-11,16H,7,15H2,1-6H3. The molecule has 0 radical (unpaired) electrons. The number of anilines is 2. The molecule has 1 aromatic rings. The van der Waals surface area contributed by atoms with E-state index in [9.17, 15) is 0 Å². The third-order valence-corrected chi connectivity index (χ3v) is 4.39. The summed E-state index contributed by atoms with van der Waals surface area (Å²) < 4.78 is 7.46. The number of hydrogen-bond acceptors (Lipinski definition) is 4. The van der Waals surface area contributed by atoms with Crippen LogP contribution < -0.4 is 11.1 Å². The molecule has 2 unspecified atom stereocenters. The van der Waals surface area contributed by atoms with E-state index < -0.39 is 0 Å². The predicted molar refractivity (Wildman–Crippen MR) is 78.4 cm³/mol. The van der Waals surface area contributed by atoms with E-state index in [1.165, 1.54) is 0 Å². The molecule has 2 rings (SSSR count). The van der Waals surface area contributed by atoms with Crippen molar-refractivity contribution in [1.82, 2.24) is 9.78 Å². The van der Waals surface area contributed by atoms with E-state index in [1.807, 2.05) is 11.6 Å². The maximum atomic E-state index is 6.15. The summed E-state index contributed by atoms with van der Waals surface area (Å²) in [6, 6.07) is 0.660. The lowest BCUT2D eigenvalue weighted by Crippen LogP contribution is -2.58. The van der Waals surface area contributed by atoms with Gasteiger partial charge in [-0.2, -0.15) is 5.10 Å². The summed E-state index contributed by atoms with van der Waals surface area (Å²) >= 11 is 0. The Balaban J connectivity index is 2.21. The average Bonchev–Trinajstić information content (AvgIpc) is 2.61. The molecular formula is C14H26N4O. The minimum atomic E-state index is 0.112. The lowest BCUT2D eigenvalue weighted by atomic mass is 9.64. The van der Waals surface area contributed by atoms with E-state index in [4.69, 9.17) is 10.5 Å². The maximum absolute atomic E-state index is 6.15. The van der Waals surface area contributed by atoms with Crippen molar-refractivity contribution >= 4 is 11.5 Å². The van der Waals surface area contributed by atoms with Crippen molar-refractivity contribution in [1.29, 1.82) is 0 Å². The van der Waals surface area contributed by atoms with Gasteiger partial charge in [0.2, 0.25) is 0 Å². The van der Waals surface area contributed by atoms with Gasteiger partial charge in [0.25, 0.3) is 0 Å². The molecule has 0 aromatic carbocycles. The first-order valence-corrected chi connectivity index (χ1v) is 6.93. The van der Waals surface area contributed by atoms with Gasteiger partial charge >= 0.3 is 0 Å². The monoisotopic (exact) mass is 266 g/mol. The number of rotatable bonds is 4. The summed E-state index contributed by atoms with van der Waals surface area (Å²) in [4.78, 5) is 0. The number of nitrogen functional groups attached to an aromatic ring is 1. The maximum Gasteiger partial charge on any atom is 0.148 e. The molecule has 108 valence electrons. The number of methoxy groups -OCH3 is 1. The van der Waals surface area contributed by atoms with Crippen LogP contribution in [-0.2, 0) is 4.74 Å². The van der Waals surface area contributed by atoms with Gasteiger partial charge in [0, 0.05) is 24.6 Å². The molecule has 1 heterocycles. The zero-order chi connectivity index (χ0) is 14.4. The van der Waals surface area contributed by atoms with Crippen LogP contribution in [0.25, 0.3) is 0 Å². The van der Waals surface area contributed by atoms with Crippen molar-refractivity contribution in [2.45, 2.75) is 59.2 Å². The average molecular weight is 266 g/mol. The fraction of sp³-hybridized carbons (Fsp3) is 0.786. The molecule has 1 aliphatic carbocycles. The largest absolute Gasteiger partial charge is 0.394 e. The van der Waals surface area contributed by atoms with Gasteiger partial charge in [-0.05, 0) is 27.2 Å². The zero-order valence-electron chi connectivity index (χ0n) is 12.8.